The minimum absolute atomic E-state index is 0.109. The van der Waals surface area contributed by atoms with E-state index in [-0.39, 0.29) is 17.5 Å². The molecule has 0 bridgehead atoms. The van der Waals surface area contributed by atoms with Crippen LogP contribution in [0.4, 0.5) is 17.2 Å². The number of hydrogen-bond acceptors (Lipinski definition) is 8. The first kappa shape index (κ1) is 20.7. The van der Waals surface area contributed by atoms with Gasteiger partial charge in [0.25, 0.3) is 5.69 Å². The third-order valence-corrected chi connectivity index (χ3v) is 6.08. The van der Waals surface area contributed by atoms with Gasteiger partial charge in [0, 0.05) is 25.2 Å². The highest BCUT2D eigenvalue weighted by atomic mass is 32.1. The molecule has 31 heavy (non-hydrogen) atoms. The van der Waals surface area contributed by atoms with Gasteiger partial charge in [0.15, 0.2) is 5.82 Å². The van der Waals surface area contributed by atoms with Crippen LogP contribution in [0, 0.1) is 16.0 Å². The zero-order valence-corrected chi connectivity index (χ0v) is 17.7. The zero-order chi connectivity index (χ0) is 21.8. The van der Waals surface area contributed by atoms with Crippen LogP contribution >= 0.6 is 11.3 Å². The number of nitrogens with zero attached hydrogens (tertiary/aromatic N) is 4. The van der Waals surface area contributed by atoms with Crippen molar-refractivity contribution >= 4 is 34.4 Å². The molecule has 1 aromatic carbocycles. The van der Waals surface area contributed by atoms with E-state index >= 15 is 0 Å². The quantitative estimate of drug-likeness (QED) is 0.457. The van der Waals surface area contributed by atoms with Gasteiger partial charge in [-0.2, -0.15) is 0 Å². The summed E-state index contributed by atoms with van der Waals surface area (Å²) in [7, 11) is 1.46. The third-order valence-electron chi connectivity index (χ3n) is 5.19. The molecule has 1 amide bonds. The maximum atomic E-state index is 12.9. The predicted octanol–water partition coefficient (Wildman–Crippen LogP) is 3.98. The number of methoxy groups -OCH3 is 1. The number of nitro benzene ring substituents is 1. The summed E-state index contributed by atoms with van der Waals surface area (Å²) in [6.07, 6.45) is 1.55. The Balaban J connectivity index is 1.45. The molecule has 3 aromatic rings. The van der Waals surface area contributed by atoms with Crippen molar-refractivity contribution in [1.82, 2.24) is 10.2 Å². The Labute approximate surface area is 182 Å². The number of thiophene rings is 1. The lowest BCUT2D eigenvalue weighted by Crippen LogP contribution is -2.41. The second-order valence-corrected chi connectivity index (χ2v) is 8.12. The second-order valence-electron chi connectivity index (χ2n) is 7.17. The van der Waals surface area contributed by atoms with Gasteiger partial charge in [-0.1, -0.05) is 6.07 Å². The van der Waals surface area contributed by atoms with Crippen molar-refractivity contribution in [3.63, 3.8) is 0 Å². The lowest BCUT2D eigenvalue weighted by Gasteiger charge is -2.32. The SMILES string of the molecule is COc1ccc([N+](=O)[O-])cc1NC(=O)C1CCCN(c2ccc(-c3cccs3)nn2)C1. The summed E-state index contributed by atoms with van der Waals surface area (Å²) in [5.41, 5.74) is 1.00. The number of amides is 1. The van der Waals surface area contributed by atoms with Gasteiger partial charge in [-0.25, -0.2) is 0 Å². The summed E-state index contributed by atoms with van der Waals surface area (Å²) in [6.45, 7) is 1.28. The van der Waals surface area contributed by atoms with Crippen LogP contribution in [0.3, 0.4) is 0 Å². The van der Waals surface area contributed by atoms with E-state index in [1.54, 1.807) is 11.3 Å². The van der Waals surface area contributed by atoms with Gasteiger partial charge < -0.3 is 15.0 Å². The minimum atomic E-state index is -0.504. The average molecular weight is 439 g/mol. The number of carbonyl (C=O) groups excluding carboxylic acids is 1. The number of nitrogens with one attached hydrogen (secondary N) is 1. The van der Waals surface area contributed by atoms with Crippen LogP contribution in [0.5, 0.6) is 5.75 Å². The molecule has 1 saturated heterocycles. The molecule has 1 fully saturated rings. The summed E-state index contributed by atoms with van der Waals surface area (Å²) < 4.78 is 5.24. The zero-order valence-electron chi connectivity index (χ0n) is 16.9. The molecular formula is C21H21N5O4S. The Kier molecular flexibility index (Phi) is 6.08. The fourth-order valence-corrected chi connectivity index (χ4v) is 4.28. The minimum Gasteiger partial charge on any atom is -0.495 e. The van der Waals surface area contributed by atoms with Crippen LogP contribution in [0.15, 0.2) is 47.8 Å². The van der Waals surface area contributed by atoms with Gasteiger partial charge >= 0.3 is 0 Å². The molecule has 9 nitrogen and oxygen atoms in total. The first-order valence-corrected chi connectivity index (χ1v) is 10.7. The van der Waals surface area contributed by atoms with Crippen molar-refractivity contribution < 1.29 is 14.5 Å². The summed E-state index contributed by atoms with van der Waals surface area (Å²) in [4.78, 5) is 26.6. The third kappa shape index (κ3) is 4.64. The Bertz CT molecular complexity index is 1070. The molecule has 1 aliphatic heterocycles. The number of piperidine rings is 1. The molecule has 0 radical (unpaired) electrons. The van der Waals surface area contributed by atoms with E-state index in [2.05, 4.69) is 15.5 Å². The molecule has 10 heteroatoms. The van der Waals surface area contributed by atoms with Crippen LogP contribution in [0.2, 0.25) is 0 Å². The highest BCUT2D eigenvalue weighted by molar-refractivity contribution is 7.13. The van der Waals surface area contributed by atoms with Crippen LogP contribution in [0.1, 0.15) is 12.8 Å². The van der Waals surface area contributed by atoms with Crippen LogP contribution in [-0.2, 0) is 4.79 Å². The molecule has 2 aromatic heterocycles. The molecule has 4 rings (SSSR count). The number of ether oxygens (including phenoxy) is 1. The summed E-state index contributed by atoms with van der Waals surface area (Å²) >= 11 is 1.61. The largest absolute Gasteiger partial charge is 0.495 e. The molecule has 1 aliphatic rings. The van der Waals surface area contributed by atoms with E-state index in [4.69, 9.17) is 4.74 Å². The maximum Gasteiger partial charge on any atom is 0.271 e. The lowest BCUT2D eigenvalue weighted by atomic mass is 9.97. The fraction of sp³-hybridized carbons (Fsp3) is 0.286. The van der Waals surface area contributed by atoms with Crippen molar-refractivity contribution in [1.29, 1.82) is 0 Å². The van der Waals surface area contributed by atoms with Crippen molar-refractivity contribution in [2.45, 2.75) is 12.8 Å². The smallest absolute Gasteiger partial charge is 0.271 e. The molecule has 1 unspecified atom stereocenters. The van der Waals surface area contributed by atoms with Crippen LogP contribution < -0.4 is 15.0 Å². The monoisotopic (exact) mass is 439 g/mol. The van der Waals surface area contributed by atoms with Crippen molar-refractivity contribution in [2.24, 2.45) is 5.92 Å². The Morgan fingerprint density at radius 1 is 1.29 bits per heavy atom. The first-order valence-electron chi connectivity index (χ1n) is 9.81. The number of rotatable bonds is 6. The topological polar surface area (TPSA) is 110 Å². The number of nitro groups is 1. The molecule has 0 saturated carbocycles. The normalized spacial score (nSPS) is 16.0. The fourth-order valence-electron chi connectivity index (χ4n) is 3.59. The maximum absolute atomic E-state index is 12.9. The van der Waals surface area contributed by atoms with Crippen LogP contribution in [0.25, 0.3) is 10.6 Å². The highest BCUT2D eigenvalue weighted by Crippen LogP contribution is 2.31. The summed E-state index contributed by atoms with van der Waals surface area (Å²) in [6, 6.07) is 12.0. The Hall–Kier alpha value is -3.53. The number of carbonyl (C=O) groups is 1. The van der Waals surface area contributed by atoms with E-state index < -0.39 is 4.92 Å². The summed E-state index contributed by atoms with van der Waals surface area (Å²) in [5, 5.41) is 24.5. The lowest BCUT2D eigenvalue weighted by molar-refractivity contribution is -0.384. The average Bonchev–Trinajstić information content (AvgIpc) is 3.34. The standard InChI is InChI=1S/C21H21N5O4S/c1-30-18-8-6-15(26(28)29)12-17(18)22-21(27)14-4-2-10-25(13-14)20-9-7-16(23-24-20)19-5-3-11-31-19/h3,5-9,11-12,14H,2,4,10,13H2,1H3,(H,22,27). The molecule has 160 valence electrons. The molecule has 1 atom stereocenters. The second kappa shape index (κ2) is 9.09. The van der Waals surface area contributed by atoms with Gasteiger partial charge in [0.05, 0.1) is 28.5 Å². The Morgan fingerprint density at radius 2 is 2.16 bits per heavy atom. The molecule has 0 spiro atoms. The number of anilines is 2. The molecule has 3 heterocycles. The van der Waals surface area contributed by atoms with Gasteiger partial charge in [0.1, 0.15) is 11.4 Å². The van der Waals surface area contributed by atoms with E-state index in [0.29, 0.717) is 18.0 Å². The first-order chi connectivity index (χ1) is 15.0. The molecular weight excluding hydrogens is 418 g/mol. The van der Waals surface area contributed by atoms with E-state index in [1.807, 2.05) is 34.5 Å². The number of non-ortho nitro benzene ring substituents is 1. The summed E-state index contributed by atoms with van der Waals surface area (Å²) in [5.74, 6) is 0.621. The predicted molar refractivity (Wildman–Crippen MR) is 119 cm³/mol. The van der Waals surface area contributed by atoms with Crippen molar-refractivity contribution in [3.05, 3.63) is 58.0 Å². The van der Waals surface area contributed by atoms with Gasteiger partial charge in [-0.05, 0) is 42.5 Å². The Morgan fingerprint density at radius 3 is 2.84 bits per heavy atom. The number of benzene rings is 1. The van der Waals surface area contributed by atoms with E-state index in [1.165, 1.54) is 25.3 Å². The highest BCUT2D eigenvalue weighted by Gasteiger charge is 2.28. The van der Waals surface area contributed by atoms with E-state index in [0.717, 1.165) is 35.8 Å². The van der Waals surface area contributed by atoms with Crippen molar-refractivity contribution in [2.75, 3.05) is 30.4 Å². The van der Waals surface area contributed by atoms with E-state index in [9.17, 15) is 14.9 Å². The van der Waals surface area contributed by atoms with Gasteiger partial charge in [0.2, 0.25) is 5.91 Å². The molecule has 0 aliphatic carbocycles. The number of hydrogen-bond donors (Lipinski definition) is 1. The van der Waals surface area contributed by atoms with Gasteiger partial charge in [-0.3, -0.25) is 14.9 Å². The number of aromatic nitrogens is 2. The van der Waals surface area contributed by atoms with Gasteiger partial charge in [-0.15, -0.1) is 21.5 Å². The molecule has 1 N–H and O–H groups in total. The van der Waals surface area contributed by atoms with Crippen molar-refractivity contribution in [3.8, 4) is 16.3 Å². The van der Waals surface area contributed by atoms with Crippen LogP contribution in [-0.4, -0.2) is 41.2 Å².